The van der Waals surface area contributed by atoms with Crippen molar-refractivity contribution in [2.75, 3.05) is 6.54 Å². The van der Waals surface area contributed by atoms with E-state index in [1.165, 1.54) is 25.1 Å². The van der Waals surface area contributed by atoms with Crippen LogP contribution in [0.25, 0.3) is 0 Å². The van der Waals surface area contributed by atoms with Crippen molar-refractivity contribution in [3.63, 3.8) is 0 Å². The zero-order valence-electron chi connectivity index (χ0n) is 15.4. The van der Waals surface area contributed by atoms with Crippen LogP contribution in [0, 0.1) is 5.82 Å². The fraction of sp³-hybridized carbons (Fsp3) is 0.350. The molecule has 1 aliphatic carbocycles. The number of halogens is 2. The Hall–Kier alpha value is -1.77. The molecule has 0 aromatic heterocycles. The summed E-state index contributed by atoms with van der Waals surface area (Å²) in [5, 5.41) is 2.86. The van der Waals surface area contributed by atoms with E-state index in [0.717, 1.165) is 35.4 Å². The average molecular weight is 469 g/mol. The summed E-state index contributed by atoms with van der Waals surface area (Å²) in [5.74, 6) is -1.30. The molecule has 0 unspecified atom stereocenters. The zero-order chi connectivity index (χ0) is 20.4. The minimum atomic E-state index is -4.13. The van der Waals surface area contributed by atoms with E-state index in [1.807, 2.05) is 18.2 Å². The summed E-state index contributed by atoms with van der Waals surface area (Å²) in [6.45, 7) is 1.87. The number of sulfonamides is 1. The van der Waals surface area contributed by atoms with Crippen LogP contribution in [0.3, 0.4) is 0 Å². The minimum absolute atomic E-state index is 0.135. The number of hydrogen-bond donors (Lipinski definition) is 2. The first-order valence-electron chi connectivity index (χ1n) is 9.04. The molecular formula is C20H22BrFN2O3S. The van der Waals surface area contributed by atoms with Crippen molar-refractivity contribution in [3.8, 4) is 0 Å². The molecule has 2 aromatic rings. The maximum absolute atomic E-state index is 13.8. The number of carbonyl (C=O) groups excluding carboxylic acids is 1. The number of nitrogens with one attached hydrogen (secondary N) is 2. The normalized spacial score (nSPS) is 16.8. The Morgan fingerprint density at radius 3 is 2.54 bits per heavy atom. The molecule has 0 bridgehead atoms. The molecule has 1 amide bonds. The lowest BCUT2D eigenvalue weighted by Gasteiger charge is -2.43. The molecule has 0 spiro atoms. The van der Waals surface area contributed by atoms with Gasteiger partial charge in [-0.05, 0) is 49.6 Å². The summed E-state index contributed by atoms with van der Waals surface area (Å²) < 4.78 is 41.7. The van der Waals surface area contributed by atoms with Gasteiger partial charge in [-0.1, -0.05) is 46.6 Å². The third-order valence-electron chi connectivity index (χ3n) is 5.20. The second-order valence-electron chi connectivity index (χ2n) is 7.14. The van der Waals surface area contributed by atoms with E-state index in [1.54, 1.807) is 0 Å². The topological polar surface area (TPSA) is 75.3 Å². The highest BCUT2D eigenvalue weighted by atomic mass is 79.9. The Labute approximate surface area is 172 Å². The van der Waals surface area contributed by atoms with Crippen LogP contribution < -0.4 is 10.0 Å². The highest BCUT2D eigenvalue weighted by Crippen LogP contribution is 2.43. The van der Waals surface area contributed by atoms with Crippen LogP contribution in [-0.4, -0.2) is 26.9 Å². The standard InChI is InChI=1S/C20H22BrFN2O3S/c1-14(24-28(26,27)18-9-3-2-8-17(18)22)19(25)23-13-20(10-5-11-20)15-6-4-7-16(21)12-15/h2-4,6-9,12,14,24H,5,10-11,13H2,1H3,(H,23,25)/t14-/m0/s1. The van der Waals surface area contributed by atoms with Crippen molar-refractivity contribution in [2.45, 2.75) is 42.5 Å². The van der Waals surface area contributed by atoms with Crippen LogP contribution in [0.1, 0.15) is 31.7 Å². The van der Waals surface area contributed by atoms with Crippen LogP contribution in [0.4, 0.5) is 4.39 Å². The Morgan fingerprint density at radius 1 is 1.21 bits per heavy atom. The predicted molar refractivity (Wildman–Crippen MR) is 109 cm³/mol. The first-order valence-corrected chi connectivity index (χ1v) is 11.3. The second kappa shape index (κ2) is 8.31. The summed E-state index contributed by atoms with van der Waals surface area (Å²) >= 11 is 3.48. The molecular weight excluding hydrogens is 447 g/mol. The van der Waals surface area contributed by atoms with Gasteiger partial charge < -0.3 is 5.32 Å². The number of carbonyl (C=O) groups is 1. The number of benzene rings is 2. The summed E-state index contributed by atoms with van der Waals surface area (Å²) in [6, 6.07) is 12.1. The maximum Gasteiger partial charge on any atom is 0.244 e. The van der Waals surface area contributed by atoms with Gasteiger partial charge in [0.25, 0.3) is 0 Å². The van der Waals surface area contributed by atoms with E-state index < -0.39 is 32.7 Å². The summed E-state index contributed by atoms with van der Waals surface area (Å²) in [5.41, 5.74) is 1.01. The minimum Gasteiger partial charge on any atom is -0.354 e. The molecule has 1 fully saturated rings. The lowest BCUT2D eigenvalue weighted by molar-refractivity contribution is -0.122. The lowest BCUT2D eigenvalue weighted by atomic mass is 9.64. The van der Waals surface area contributed by atoms with Crippen molar-refractivity contribution < 1.29 is 17.6 Å². The van der Waals surface area contributed by atoms with E-state index in [9.17, 15) is 17.6 Å². The van der Waals surface area contributed by atoms with E-state index in [0.29, 0.717) is 6.54 Å². The largest absolute Gasteiger partial charge is 0.354 e. The van der Waals surface area contributed by atoms with Gasteiger partial charge in [-0.3, -0.25) is 4.79 Å². The van der Waals surface area contributed by atoms with Gasteiger partial charge in [0.2, 0.25) is 15.9 Å². The van der Waals surface area contributed by atoms with Crippen LogP contribution in [0.2, 0.25) is 0 Å². The predicted octanol–water partition coefficient (Wildman–Crippen LogP) is 3.49. The molecule has 1 aliphatic rings. The van der Waals surface area contributed by atoms with E-state index in [-0.39, 0.29) is 5.41 Å². The average Bonchev–Trinajstić information content (AvgIpc) is 2.60. The molecule has 0 aliphatic heterocycles. The summed E-state index contributed by atoms with van der Waals surface area (Å²) in [7, 11) is -4.13. The van der Waals surface area contributed by atoms with E-state index in [4.69, 9.17) is 0 Å². The van der Waals surface area contributed by atoms with Gasteiger partial charge in [0.15, 0.2) is 0 Å². The lowest BCUT2D eigenvalue weighted by Crippen LogP contribution is -2.51. The van der Waals surface area contributed by atoms with Crippen molar-refractivity contribution in [2.24, 2.45) is 0 Å². The van der Waals surface area contributed by atoms with Gasteiger partial charge in [0.1, 0.15) is 10.7 Å². The first-order chi connectivity index (χ1) is 13.2. The molecule has 0 heterocycles. The molecule has 2 aromatic carbocycles. The quantitative estimate of drug-likeness (QED) is 0.652. The Morgan fingerprint density at radius 2 is 1.93 bits per heavy atom. The fourth-order valence-electron chi connectivity index (χ4n) is 3.41. The van der Waals surface area contributed by atoms with Crippen molar-refractivity contribution in [1.29, 1.82) is 0 Å². The smallest absolute Gasteiger partial charge is 0.244 e. The fourth-order valence-corrected chi connectivity index (χ4v) is 5.09. The monoisotopic (exact) mass is 468 g/mol. The van der Waals surface area contributed by atoms with Crippen molar-refractivity contribution in [1.82, 2.24) is 10.0 Å². The van der Waals surface area contributed by atoms with Crippen LogP contribution in [-0.2, 0) is 20.2 Å². The molecule has 0 saturated heterocycles. The number of rotatable bonds is 7. The molecule has 1 atom stereocenters. The van der Waals surface area contributed by atoms with Crippen LogP contribution in [0.15, 0.2) is 57.9 Å². The molecule has 1 saturated carbocycles. The van der Waals surface area contributed by atoms with Gasteiger partial charge in [-0.15, -0.1) is 0 Å². The van der Waals surface area contributed by atoms with E-state index >= 15 is 0 Å². The molecule has 28 heavy (non-hydrogen) atoms. The van der Waals surface area contributed by atoms with Gasteiger partial charge in [0.05, 0.1) is 6.04 Å². The Kier molecular flexibility index (Phi) is 6.21. The zero-order valence-corrected chi connectivity index (χ0v) is 17.8. The highest BCUT2D eigenvalue weighted by molar-refractivity contribution is 9.10. The summed E-state index contributed by atoms with van der Waals surface area (Å²) in [6.07, 6.45) is 3.00. The van der Waals surface area contributed by atoms with Gasteiger partial charge >= 0.3 is 0 Å². The van der Waals surface area contributed by atoms with Gasteiger partial charge in [0, 0.05) is 16.4 Å². The van der Waals surface area contributed by atoms with E-state index in [2.05, 4.69) is 32.0 Å². The third-order valence-corrected chi connectivity index (χ3v) is 7.27. The Bertz CT molecular complexity index is 977. The molecule has 3 rings (SSSR count). The maximum atomic E-state index is 13.8. The number of amides is 1. The number of hydrogen-bond acceptors (Lipinski definition) is 3. The van der Waals surface area contributed by atoms with Crippen LogP contribution in [0.5, 0.6) is 0 Å². The molecule has 5 nitrogen and oxygen atoms in total. The van der Waals surface area contributed by atoms with Crippen LogP contribution >= 0.6 is 15.9 Å². The molecule has 8 heteroatoms. The molecule has 0 radical (unpaired) electrons. The third kappa shape index (κ3) is 4.45. The second-order valence-corrected chi connectivity index (χ2v) is 9.73. The van der Waals surface area contributed by atoms with Gasteiger partial charge in [-0.2, -0.15) is 4.72 Å². The molecule has 150 valence electrons. The summed E-state index contributed by atoms with van der Waals surface area (Å²) in [4.78, 5) is 12.0. The Balaban J connectivity index is 1.65. The SMILES string of the molecule is C[C@H](NS(=O)(=O)c1ccccc1F)C(=O)NCC1(c2cccc(Br)c2)CCC1. The van der Waals surface area contributed by atoms with Crippen molar-refractivity contribution >= 4 is 31.9 Å². The van der Waals surface area contributed by atoms with Crippen molar-refractivity contribution in [3.05, 3.63) is 64.4 Å². The first kappa shape index (κ1) is 21.0. The molecule has 2 N–H and O–H groups in total. The highest BCUT2D eigenvalue weighted by Gasteiger charge is 2.39. The van der Waals surface area contributed by atoms with Gasteiger partial charge in [-0.25, -0.2) is 12.8 Å².